The van der Waals surface area contributed by atoms with Crippen LogP contribution in [0.3, 0.4) is 0 Å². The van der Waals surface area contributed by atoms with E-state index < -0.39 is 0 Å². The van der Waals surface area contributed by atoms with Gasteiger partial charge in [-0.15, -0.1) is 0 Å². The average molecular weight is 389 g/mol. The summed E-state index contributed by atoms with van der Waals surface area (Å²) in [6.07, 6.45) is 0.780. The third kappa shape index (κ3) is 3.46. The van der Waals surface area contributed by atoms with Crippen LogP contribution in [0.5, 0.6) is 0 Å². The molecule has 1 amide bonds. The molecule has 3 nitrogen and oxygen atoms in total. The Morgan fingerprint density at radius 2 is 1.46 bits per heavy atom. The first-order chi connectivity index (χ1) is 13.6. The second kappa shape index (κ2) is 7.61. The van der Waals surface area contributed by atoms with Crippen molar-refractivity contribution in [2.45, 2.75) is 18.8 Å². The zero-order chi connectivity index (χ0) is 19.6. The predicted molar refractivity (Wildman–Crippen MR) is 114 cm³/mol. The summed E-state index contributed by atoms with van der Waals surface area (Å²) in [6.45, 7) is 1.87. The molecule has 0 unspecified atom stereocenters. The van der Waals surface area contributed by atoms with Crippen molar-refractivity contribution in [1.29, 1.82) is 0 Å². The molecule has 3 aromatic rings. The van der Waals surface area contributed by atoms with Crippen molar-refractivity contribution >= 4 is 23.2 Å². The number of hydrogen-bond donors (Lipinski definition) is 1. The van der Waals surface area contributed by atoms with Crippen molar-refractivity contribution in [2.24, 2.45) is 11.0 Å². The third-order valence-electron chi connectivity index (χ3n) is 5.45. The van der Waals surface area contributed by atoms with Crippen LogP contribution in [0.1, 0.15) is 30.0 Å². The summed E-state index contributed by atoms with van der Waals surface area (Å²) in [5.41, 5.74) is 6.49. The number of benzene rings is 3. The number of carbonyl (C=O) groups excluding carboxylic acids is 1. The van der Waals surface area contributed by atoms with E-state index in [-0.39, 0.29) is 17.2 Å². The highest BCUT2D eigenvalue weighted by atomic mass is 35.5. The molecule has 1 saturated carbocycles. The van der Waals surface area contributed by atoms with Gasteiger partial charge in [0.15, 0.2) is 0 Å². The Labute approximate surface area is 170 Å². The Morgan fingerprint density at radius 3 is 2.00 bits per heavy atom. The Hall–Kier alpha value is -2.91. The molecule has 4 heteroatoms. The molecule has 4 rings (SSSR count). The van der Waals surface area contributed by atoms with Gasteiger partial charge in [-0.2, -0.15) is 5.10 Å². The number of rotatable bonds is 5. The molecule has 1 aliphatic carbocycles. The van der Waals surface area contributed by atoms with Crippen LogP contribution in [-0.4, -0.2) is 11.6 Å². The minimum atomic E-state index is -0.281. The normalized spacial score (nSPS) is 17.8. The molecule has 1 N–H and O–H groups in total. The number of amides is 1. The van der Waals surface area contributed by atoms with E-state index in [1.165, 1.54) is 11.1 Å². The van der Waals surface area contributed by atoms with Crippen LogP contribution in [0.4, 0.5) is 0 Å². The van der Waals surface area contributed by atoms with Crippen LogP contribution in [0.2, 0.25) is 5.02 Å². The minimum Gasteiger partial charge on any atom is -0.273 e. The molecule has 0 aliphatic heterocycles. The maximum absolute atomic E-state index is 12.9. The van der Waals surface area contributed by atoms with Crippen molar-refractivity contribution < 1.29 is 4.79 Å². The van der Waals surface area contributed by atoms with Gasteiger partial charge in [-0.25, -0.2) is 5.43 Å². The second-order valence-corrected chi connectivity index (χ2v) is 7.58. The van der Waals surface area contributed by atoms with Gasteiger partial charge < -0.3 is 0 Å². The zero-order valence-electron chi connectivity index (χ0n) is 15.6. The molecule has 1 fully saturated rings. The quantitative estimate of drug-likeness (QED) is 0.474. The fourth-order valence-corrected chi connectivity index (χ4v) is 3.95. The van der Waals surface area contributed by atoms with Crippen LogP contribution < -0.4 is 5.43 Å². The monoisotopic (exact) mass is 388 g/mol. The van der Waals surface area contributed by atoms with E-state index in [9.17, 15) is 4.79 Å². The number of nitrogens with one attached hydrogen (secondary N) is 1. The van der Waals surface area contributed by atoms with Crippen LogP contribution >= 0.6 is 11.6 Å². The standard InChI is InChI=1S/C24H21ClN2O/c1-17(18-12-14-21(25)15-13-18)26-27-23(28)22-16-24(22,19-8-4-2-5-9-19)20-10-6-3-7-11-20/h2-15,22H,16H2,1H3,(H,27,28)/b26-17+/t22-/m0/s1. The lowest BCUT2D eigenvalue weighted by atomic mass is 9.85. The SMILES string of the molecule is C/C(=N\NC(=O)[C@@H]1CC1(c1ccccc1)c1ccccc1)c1ccc(Cl)cc1. The Bertz CT molecular complexity index is 958. The Kier molecular flexibility index (Phi) is 5.01. The van der Waals surface area contributed by atoms with Crippen molar-refractivity contribution in [2.75, 3.05) is 0 Å². The number of carbonyl (C=O) groups is 1. The maximum atomic E-state index is 12.9. The molecule has 0 aromatic heterocycles. The van der Waals surface area contributed by atoms with Crippen molar-refractivity contribution in [3.05, 3.63) is 107 Å². The molecule has 28 heavy (non-hydrogen) atoms. The van der Waals surface area contributed by atoms with Crippen LogP contribution in [0.15, 0.2) is 90.0 Å². The van der Waals surface area contributed by atoms with E-state index in [1.54, 1.807) is 0 Å². The highest BCUT2D eigenvalue weighted by Gasteiger charge is 2.60. The van der Waals surface area contributed by atoms with Gasteiger partial charge in [-0.05, 0) is 42.2 Å². The summed E-state index contributed by atoms with van der Waals surface area (Å²) in [5.74, 6) is -0.194. The highest BCUT2D eigenvalue weighted by molar-refractivity contribution is 6.30. The Morgan fingerprint density at radius 1 is 0.929 bits per heavy atom. The van der Waals surface area contributed by atoms with Gasteiger partial charge in [0.1, 0.15) is 0 Å². The highest BCUT2D eigenvalue weighted by Crippen LogP contribution is 2.58. The zero-order valence-corrected chi connectivity index (χ0v) is 16.4. The van der Waals surface area contributed by atoms with E-state index >= 15 is 0 Å². The number of hydrogen-bond acceptors (Lipinski definition) is 2. The minimum absolute atomic E-state index is 0.0546. The molecule has 3 aromatic carbocycles. The first-order valence-electron chi connectivity index (χ1n) is 9.32. The van der Waals surface area contributed by atoms with E-state index in [4.69, 9.17) is 11.6 Å². The first-order valence-corrected chi connectivity index (χ1v) is 9.70. The Balaban J connectivity index is 1.56. The fraction of sp³-hybridized carbons (Fsp3) is 0.167. The van der Waals surface area contributed by atoms with E-state index in [2.05, 4.69) is 34.8 Å². The van der Waals surface area contributed by atoms with Crippen LogP contribution in [0.25, 0.3) is 0 Å². The molecule has 140 valence electrons. The predicted octanol–water partition coefficient (Wildman–Crippen LogP) is 5.19. The van der Waals surface area contributed by atoms with Crippen molar-refractivity contribution in [1.82, 2.24) is 5.43 Å². The molecule has 0 spiro atoms. The summed E-state index contributed by atoms with van der Waals surface area (Å²) in [5, 5.41) is 4.99. The summed E-state index contributed by atoms with van der Waals surface area (Å²) in [7, 11) is 0. The van der Waals surface area contributed by atoms with Crippen molar-refractivity contribution in [3.63, 3.8) is 0 Å². The lowest BCUT2D eigenvalue weighted by Crippen LogP contribution is -2.26. The number of nitrogens with zero attached hydrogens (tertiary/aromatic N) is 1. The van der Waals surface area contributed by atoms with E-state index in [1.807, 2.05) is 67.6 Å². The summed E-state index contributed by atoms with van der Waals surface area (Å²) >= 11 is 5.93. The van der Waals surface area contributed by atoms with Gasteiger partial charge >= 0.3 is 0 Å². The van der Waals surface area contributed by atoms with Crippen LogP contribution in [-0.2, 0) is 10.2 Å². The van der Waals surface area contributed by atoms with Gasteiger partial charge in [0.25, 0.3) is 0 Å². The van der Waals surface area contributed by atoms with Crippen LogP contribution in [0, 0.1) is 5.92 Å². The molecular weight excluding hydrogens is 368 g/mol. The molecule has 1 aliphatic rings. The number of hydrazone groups is 1. The topological polar surface area (TPSA) is 41.5 Å². The van der Waals surface area contributed by atoms with E-state index in [0.717, 1.165) is 17.7 Å². The largest absolute Gasteiger partial charge is 0.273 e. The van der Waals surface area contributed by atoms with Gasteiger partial charge in [-0.1, -0.05) is 84.4 Å². The van der Waals surface area contributed by atoms with Gasteiger partial charge in [0, 0.05) is 10.4 Å². The number of halogens is 1. The molecular formula is C24H21ClN2O. The summed E-state index contributed by atoms with van der Waals surface area (Å²) in [4.78, 5) is 12.9. The van der Waals surface area contributed by atoms with E-state index in [0.29, 0.717) is 5.02 Å². The van der Waals surface area contributed by atoms with Gasteiger partial charge in [0.2, 0.25) is 5.91 Å². The smallest absolute Gasteiger partial charge is 0.244 e. The first kappa shape index (κ1) is 18.5. The summed E-state index contributed by atoms with van der Waals surface area (Å²) < 4.78 is 0. The summed E-state index contributed by atoms with van der Waals surface area (Å²) in [6, 6.07) is 27.9. The third-order valence-corrected chi connectivity index (χ3v) is 5.70. The lowest BCUT2D eigenvalue weighted by molar-refractivity contribution is -0.122. The molecule has 0 radical (unpaired) electrons. The fourth-order valence-electron chi connectivity index (χ4n) is 3.83. The maximum Gasteiger partial charge on any atom is 0.244 e. The lowest BCUT2D eigenvalue weighted by Gasteiger charge is -2.18. The molecule has 0 bridgehead atoms. The second-order valence-electron chi connectivity index (χ2n) is 7.14. The van der Waals surface area contributed by atoms with Gasteiger partial charge in [-0.3, -0.25) is 4.79 Å². The van der Waals surface area contributed by atoms with Gasteiger partial charge in [0.05, 0.1) is 11.6 Å². The molecule has 0 saturated heterocycles. The molecule has 0 heterocycles. The van der Waals surface area contributed by atoms with Crippen molar-refractivity contribution in [3.8, 4) is 0 Å². The molecule has 1 atom stereocenters. The average Bonchev–Trinajstić information content (AvgIpc) is 3.51.